The highest BCUT2D eigenvalue weighted by Gasteiger charge is 2.08. The van der Waals surface area contributed by atoms with Crippen molar-refractivity contribution in [3.05, 3.63) is 29.8 Å². The minimum Gasteiger partial charge on any atom is -0.310 e. The Balaban J connectivity index is 2.67. The molecule has 0 saturated heterocycles. The van der Waals surface area contributed by atoms with Gasteiger partial charge in [0.1, 0.15) is 0 Å². The average Bonchev–Trinajstić information content (AvgIpc) is 2.28. The molecule has 0 aliphatic carbocycles. The molecule has 17 heavy (non-hydrogen) atoms. The van der Waals surface area contributed by atoms with E-state index in [9.17, 15) is 8.42 Å². The van der Waals surface area contributed by atoms with Gasteiger partial charge in [-0.05, 0) is 37.6 Å². The molecule has 0 spiro atoms. The zero-order valence-corrected chi connectivity index (χ0v) is 11.5. The topological polar surface area (TPSA) is 46.2 Å². The van der Waals surface area contributed by atoms with Gasteiger partial charge in [0.05, 0.1) is 4.90 Å². The summed E-state index contributed by atoms with van der Waals surface area (Å²) in [5.41, 5.74) is 1.12. The van der Waals surface area contributed by atoms with Gasteiger partial charge in [-0.25, -0.2) is 8.42 Å². The highest BCUT2D eigenvalue weighted by molar-refractivity contribution is 7.90. The molecular weight excluding hydrogens is 234 g/mol. The molecule has 0 aliphatic rings. The third-order valence-electron chi connectivity index (χ3n) is 2.79. The predicted molar refractivity (Wildman–Crippen MR) is 70.9 cm³/mol. The first-order valence-corrected chi connectivity index (χ1v) is 7.87. The first-order valence-electron chi connectivity index (χ1n) is 5.98. The minimum absolute atomic E-state index is 0.259. The summed E-state index contributed by atoms with van der Waals surface area (Å²) in [5.74, 6) is 0. The van der Waals surface area contributed by atoms with E-state index >= 15 is 0 Å². The normalized spacial score (nSPS) is 13.6. The number of nitrogens with one attached hydrogen (secondary N) is 1. The zero-order chi connectivity index (χ0) is 12.9. The third-order valence-corrected chi connectivity index (χ3v) is 3.92. The molecule has 0 amide bonds. The standard InChI is InChI=1S/C13H21NO2S/c1-4-5-10-14-11(2)12-6-8-13(9-7-12)17(3,15)16/h6-9,11,14H,4-5,10H2,1-3H3. The van der Waals surface area contributed by atoms with Crippen LogP contribution in [0.2, 0.25) is 0 Å². The molecule has 0 aliphatic heterocycles. The summed E-state index contributed by atoms with van der Waals surface area (Å²) in [4.78, 5) is 0.377. The van der Waals surface area contributed by atoms with Crippen LogP contribution in [0.3, 0.4) is 0 Å². The molecule has 0 heterocycles. The Morgan fingerprint density at radius 1 is 1.24 bits per heavy atom. The smallest absolute Gasteiger partial charge is 0.175 e. The molecule has 3 nitrogen and oxygen atoms in total. The number of hydrogen-bond acceptors (Lipinski definition) is 3. The van der Waals surface area contributed by atoms with E-state index in [0.29, 0.717) is 4.90 Å². The summed E-state index contributed by atoms with van der Waals surface area (Å²) >= 11 is 0. The van der Waals surface area contributed by atoms with Crippen LogP contribution < -0.4 is 5.32 Å². The van der Waals surface area contributed by atoms with E-state index in [0.717, 1.165) is 18.5 Å². The quantitative estimate of drug-likeness (QED) is 0.795. The van der Waals surface area contributed by atoms with E-state index in [-0.39, 0.29) is 6.04 Å². The lowest BCUT2D eigenvalue weighted by Gasteiger charge is -2.14. The summed E-state index contributed by atoms with van der Waals surface area (Å²) < 4.78 is 22.6. The lowest BCUT2D eigenvalue weighted by Crippen LogP contribution is -2.19. The highest BCUT2D eigenvalue weighted by atomic mass is 32.2. The lowest BCUT2D eigenvalue weighted by atomic mass is 10.1. The molecule has 1 aromatic rings. The Labute approximate surface area is 104 Å². The molecule has 4 heteroatoms. The first kappa shape index (κ1) is 14.2. The number of benzene rings is 1. The van der Waals surface area contributed by atoms with Gasteiger partial charge in [0, 0.05) is 12.3 Å². The average molecular weight is 255 g/mol. The maximum absolute atomic E-state index is 11.3. The Kier molecular flexibility index (Phi) is 5.15. The Bertz CT molecular complexity index is 437. The minimum atomic E-state index is -3.09. The van der Waals surface area contributed by atoms with Crippen molar-refractivity contribution in [2.24, 2.45) is 0 Å². The van der Waals surface area contributed by atoms with Crippen molar-refractivity contribution < 1.29 is 8.42 Å². The van der Waals surface area contributed by atoms with Crippen LogP contribution in [0.5, 0.6) is 0 Å². The molecule has 0 saturated carbocycles. The number of unbranched alkanes of at least 4 members (excludes halogenated alkanes) is 1. The van der Waals surface area contributed by atoms with Gasteiger partial charge < -0.3 is 5.32 Å². The van der Waals surface area contributed by atoms with Crippen molar-refractivity contribution in [1.29, 1.82) is 0 Å². The van der Waals surface area contributed by atoms with E-state index in [1.807, 2.05) is 12.1 Å². The van der Waals surface area contributed by atoms with E-state index in [1.54, 1.807) is 12.1 Å². The van der Waals surface area contributed by atoms with Gasteiger partial charge in [-0.2, -0.15) is 0 Å². The largest absolute Gasteiger partial charge is 0.310 e. The molecule has 1 N–H and O–H groups in total. The molecule has 0 fully saturated rings. The van der Waals surface area contributed by atoms with Crippen molar-refractivity contribution in [2.45, 2.75) is 37.6 Å². The van der Waals surface area contributed by atoms with Crippen LogP contribution in [-0.2, 0) is 9.84 Å². The number of sulfone groups is 1. The predicted octanol–water partition coefficient (Wildman–Crippen LogP) is 2.54. The van der Waals surface area contributed by atoms with Gasteiger partial charge in [0.2, 0.25) is 0 Å². The number of hydrogen-bond donors (Lipinski definition) is 1. The van der Waals surface area contributed by atoms with Crippen LogP contribution in [0.15, 0.2) is 29.2 Å². The van der Waals surface area contributed by atoms with E-state index in [4.69, 9.17) is 0 Å². The third kappa shape index (κ3) is 4.48. The van der Waals surface area contributed by atoms with Gasteiger partial charge in [-0.15, -0.1) is 0 Å². The van der Waals surface area contributed by atoms with Crippen molar-refractivity contribution in [1.82, 2.24) is 5.32 Å². The summed E-state index contributed by atoms with van der Waals surface area (Å²) in [6.07, 6.45) is 3.56. The van der Waals surface area contributed by atoms with Crippen LogP contribution in [0.4, 0.5) is 0 Å². The van der Waals surface area contributed by atoms with Crippen molar-refractivity contribution >= 4 is 9.84 Å². The van der Waals surface area contributed by atoms with Crippen LogP contribution in [0, 0.1) is 0 Å². The maximum Gasteiger partial charge on any atom is 0.175 e. The fourth-order valence-corrected chi connectivity index (χ4v) is 2.25. The molecule has 0 radical (unpaired) electrons. The van der Waals surface area contributed by atoms with Gasteiger partial charge >= 0.3 is 0 Å². The van der Waals surface area contributed by atoms with Crippen LogP contribution in [-0.4, -0.2) is 21.2 Å². The maximum atomic E-state index is 11.3. The van der Waals surface area contributed by atoms with Crippen molar-refractivity contribution in [3.63, 3.8) is 0 Å². The molecule has 1 unspecified atom stereocenters. The van der Waals surface area contributed by atoms with E-state index < -0.39 is 9.84 Å². The van der Waals surface area contributed by atoms with Crippen molar-refractivity contribution in [3.8, 4) is 0 Å². The lowest BCUT2D eigenvalue weighted by molar-refractivity contribution is 0.554. The summed E-state index contributed by atoms with van der Waals surface area (Å²) in [6.45, 7) is 5.24. The molecule has 0 aromatic heterocycles. The van der Waals surface area contributed by atoms with Crippen molar-refractivity contribution in [2.75, 3.05) is 12.8 Å². The molecular formula is C13H21NO2S. The Hall–Kier alpha value is -0.870. The van der Waals surface area contributed by atoms with Gasteiger partial charge in [0.15, 0.2) is 9.84 Å². The van der Waals surface area contributed by atoms with Gasteiger partial charge in [-0.3, -0.25) is 0 Å². The SMILES string of the molecule is CCCCNC(C)c1ccc(S(C)(=O)=O)cc1. The Morgan fingerprint density at radius 2 is 1.82 bits per heavy atom. The second-order valence-corrected chi connectivity index (χ2v) is 6.39. The summed E-state index contributed by atoms with van der Waals surface area (Å²) in [6, 6.07) is 7.35. The van der Waals surface area contributed by atoms with Crippen LogP contribution in [0.25, 0.3) is 0 Å². The molecule has 1 aromatic carbocycles. The highest BCUT2D eigenvalue weighted by Crippen LogP contribution is 2.16. The second kappa shape index (κ2) is 6.17. The monoisotopic (exact) mass is 255 g/mol. The molecule has 1 atom stereocenters. The zero-order valence-electron chi connectivity index (χ0n) is 10.7. The second-order valence-electron chi connectivity index (χ2n) is 4.37. The Morgan fingerprint density at radius 3 is 2.29 bits per heavy atom. The fourth-order valence-electron chi connectivity index (χ4n) is 1.62. The molecule has 0 bridgehead atoms. The summed E-state index contributed by atoms with van der Waals surface area (Å²) in [5, 5.41) is 3.41. The van der Waals surface area contributed by atoms with Gasteiger partial charge in [-0.1, -0.05) is 25.5 Å². The van der Waals surface area contributed by atoms with E-state index in [1.165, 1.54) is 12.7 Å². The fraction of sp³-hybridized carbons (Fsp3) is 0.538. The number of rotatable bonds is 6. The van der Waals surface area contributed by atoms with Crippen LogP contribution in [0.1, 0.15) is 38.3 Å². The molecule has 1 rings (SSSR count). The van der Waals surface area contributed by atoms with E-state index in [2.05, 4.69) is 19.2 Å². The van der Waals surface area contributed by atoms with Crippen LogP contribution >= 0.6 is 0 Å². The summed E-state index contributed by atoms with van der Waals surface area (Å²) in [7, 11) is -3.09. The first-order chi connectivity index (χ1) is 7.95. The van der Waals surface area contributed by atoms with Gasteiger partial charge in [0.25, 0.3) is 0 Å². The molecule has 96 valence electrons.